The number of nitrogens with zero attached hydrogens (tertiary/aromatic N) is 4. The normalized spacial score (nSPS) is 14.2. The maximum atomic E-state index is 9.95. The average Bonchev–Trinajstić information content (AvgIpc) is 0.868. The van der Waals surface area contributed by atoms with Crippen molar-refractivity contribution in [2.75, 3.05) is 9.80 Å². The number of rotatable bonds is 8. The molecule has 4 nitrogen and oxygen atoms in total. The topological polar surface area (TPSA) is 16.3 Å². The molecule has 5 heteroatoms. The Balaban J connectivity index is 1.06. The number of benzene rings is 13. The molecule has 0 radical (unpaired) electrons. The third-order valence-electron chi connectivity index (χ3n) is 20.6. The molecule has 0 atom stereocenters. The van der Waals surface area contributed by atoms with Crippen molar-refractivity contribution in [2.45, 2.75) is 92.4 Å². The highest BCUT2D eigenvalue weighted by atomic mass is 15.2. The molecule has 17 rings (SSSR count). The number of aromatic nitrogens is 2. The highest BCUT2D eigenvalue weighted by molar-refractivity contribution is 7.00. The Labute approximate surface area is 582 Å². The highest BCUT2D eigenvalue weighted by Gasteiger charge is 2.47. The van der Waals surface area contributed by atoms with Crippen LogP contribution in [0.2, 0.25) is 0 Å². The molecule has 2 aliphatic rings. The van der Waals surface area contributed by atoms with Crippen molar-refractivity contribution in [1.82, 2.24) is 9.13 Å². The predicted octanol–water partition coefficient (Wildman–Crippen LogP) is 23.1. The summed E-state index contributed by atoms with van der Waals surface area (Å²) in [7, 11) is 0. The van der Waals surface area contributed by atoms with E-state index >= 15 is 0 Å². The molecule has 0 fully saturated rings. The lowest BCUT2D eigenvalue weighted by molar-refractivity contribution is 0.590. The zero-order chi connectivity index (χ0) is 73.4. The second-order valence-corrected chi connectivity index (χ2v) is 29.6. The second-order valence-electron chi connectivity index (χ2n) is 29.6. The molecule has 0 unspecified atom stereocenters. The van der Waals surface area contributed by atoms with Gasteiger partial charge in [0.25, 0.3) is 6.71 Å². The molecule has 15 aromatic rings. The lowest BCUT2D eigenvalue weighted by atomic mass is 9.33. The number of hydrogen-bond donors (Lipinski definition) is 0. The van der Waals surface area contributed by atoms with Crippen LogP contribution in [-0.4, -0.2) is 15.8 Å². The van der Waals surface area contributed by atoms with E-state index in [-0.39, 0.29) is 59.2 Å². The van der Waals surface area contributed by atoms with E-state index in [1.165, 1.54) is 0 Å². The first kappa shape index (κ1) is 51.5. The standard InChI is InChI=1S/C92H79BN4/c1-58-77(94-79-38-26-24-36-71(79)73-54-66(90(3,4)5)42-48-81(73)94)50-46-75-88(58)96(83-52-64(60-28-16-12-17-29-60)40-44-69(83)62-32-20-14-21-33-62)85-56-68(92(9,10)11)57-86-87(85)93(75)76-47-51-78(95-80-39-27-25-37-72(80)74-55-67(91(6,7)8)43-49-82(74)95)59(2)89(76)97(86)84-53-65(61-30-18-13-19-31-61)41-45-70(84)63-34-22-15-23-35-63/h12-57H,1-11H3/i24D,25D,26D,27D,36D,37D,38D,39D. The Morgan fingerprint density at radius 1 is 0.299 bits per heavy atom. The Morgan fingerprint density at radius 3 is 1.05 bits per heavy atom. The minimum Gasteiger partial charge on any atom is -0.310 e. The van der Waals surface area contributed by atoms with Gasteiger partial charge in [-0.2, -0.15) is 0 Å². The van der Waals surface area contributed by atoms with Crippen LogP contribution < -0.4 is 26.2 Å². The molecule has 4 heterocycles. The van der Waals surface area contributed by atoms with Crippen LogP contribution in [0.15, 0.2) is 279 Å². The Morgan fingerprint density at radius 2 is 0.670 bits per heavy atom. The molecule has 0 aliphatic carbocycles. The van der Waals surface area contributed by atoms with Crippen LogP contribution in [0, 0.1) is 13.8 Å². The van der Waals surface area contributed by atoms with Crippen LogP contribution in [0.1, 0.15) is 101 Å². The first-order valence-electron chi connectivity index (χ1n) is 37.9. The smallest absolute Gasteiger partial charge is 0.252 e. The largest absolute Gasteiger partial charge is 0.310 e. The van der Waals surface area contributed by atoms with Crippen molar-refractivity contribution in [3.63, 3.8) is 0 Å². The number of para-hydroxylation sites is 2. The van der Waals surface area contributed by atoms with Crippen LogP contribution in [0.3, 0.4) is 0 Å². The van der Waals surface area contributed by atoms with E-state index in [9.17, 15) is 11.0 Å². The van der Waals surface area contributed by atoms with E-state index in [2.05, 4.69) is 326 Å². The monoisotopic (exact) mass is 1260 g/mol. The van der Waals surface area contributed by atoms with Crippen molar-refractivity contribution < 1.29 is 11.0 Å². The summed E-state index contributed by atoms with van der Waals surface area (Å²) < 4.78 is 80.6. The summed E-state index contributed by atoms with van der Waals surface area (Å²) >= 11 is 0. The van der Waals surface area contributed by atoms with Crippen LogP contribution in [0.5, 0.6) is 0 Å². The van der Waals surface area contributed by atoms with E-state index in [0.717, 1.165) is 156 Å². The molecule has 0 N–H and O–H groups in total. The summed E-state index contributed by atoms with van der Waals surface area (Å²) in [6.07, 6.45) is 0. The maximum absolute atomic E-state index is 9.95. The van der Waals surface area contributed by atoms with Gasteiger partial charge in [-0.1, -0.05) is 268 Å². The van der Waals surface area contributed by atoms with E-state index in [0.29, 0.717) is 21.8 Å². The van der Waals surface area contributed by atoms with Gasteiger partial charge in [0.1, 0.15) is 0 Å². The predicted molar refractivity (Wildman–Crippen MR) is 416 cm³/mol. The fraction of sp³-hybridized carbons (Fsp3) is 0.152. The molecule has 0 spiro atoms. The van der Waals surface area contributed by atoms with Gasteiger partial charge in [0.2, 0.25) is 0 Å². The van der Waals surface area contributed by atoms with E-state index in [1.54, 1.807) is 0 Å². The average molecular weight is 1260 g/mol. The van der Waals surface area contributed by atoms with Gasteiger partial charge in [0.05, 0.1) is 55.8 Å². The van der Waals surface area contributed by atoms with Gasteiger partial charge in [0, 0.05) is 55.4 Å². The van der Waals surface area contributed by atoms with Crippen molar-refractivity contribution >= 4 is 101 Å². The molecule has 97 heavy (non-hydrogen) atoms. The summed E-state index contributed by atoms with van der Waals surface area (Å²) in [6.45, 7) is 23.8. The molecule has 0 amide bonds. The summed E-state index contributed by atoms with van der Waals surface area (Å²) in [6, 6.07) is 81.0. The summed E-state index contributed by atoms with van der Waals surface area (Å²) in [5.74, 6) is 0. The Bertz CT molecular complexity index is 5800. The van der Waals surface area contributed by atoms with Gasteiger partial charge in [-0.15, -0.1) is 0 Å². The minimum absolute atomic E-state index is 0.0850. The lowest BCUT2D eigenvalue weighted by Gasteiger charge is -2.47. The van der Waals surface area contributed by atoms with Crippen molar-refractivity contribution in [1.29, 1.82) is 0 Å². The zero-order valence-corrected chi connectivity index (χ0v) is 56.8. The Kier molecular flexibility index (Phi) is 11.9. The molecule has 2 aromatic heterocycles. The first-order valence-corrected chi connectivity index (χ1v) is 33.9. The van der Waals surface area contributed by atoms with Gasteiger partial charge in [-0.3, -0.25) is 0 Å². The lowest BCUT2D eigenvalue weighted by Crippen LogP contribution is -2.62. The van der Waals surface area contributed by atoms with Crippen molar-refractivity contribution in [3.05, 3.63) is 307 Å². The summed E-state index contributed by atoms with van der Waals surface area (Å²) in [5.41, 5.74) is 24.9. The molecule has 0 saturated heterocycles. The van der Waals surface area contributed by atoms with Crippen LogP contribution in [0.4, 0.5) is 34.1 Å². The SMILES string of the molecule is [2H]c1c([2H])c([2H])c2c(c1[2H])c1cc(C(C)(C)C)ccc1n2-c1ccc2c(c1C)N(c1cc(-c3ccccc3)ccc1-c1ccccc1)c1cc(C(C)(C)C)cc3c1B2c1ccc(-n2c4ccc(C(C)(C)C)cc4c4c([2H])c([2H])c([2H])c([2H])c42)c(C)c1N3c1cc(-c2ccccc2)ccc1-c1ccccc1. The summed E-state index contributed by atoms with van der Waals surface area (Å²) in [5, 5.41) is 2.43. The second kappa shape index (κ2) is 22.4. The van der Waals surface area contributed by atoms with Gasteiger partial charge < -0.3 is 18.9 Å². The van der Waals surface area contributed by atoms with Crippen LogP contribution in [-0.2, 0) is 16.2 Å². The third-order valence-corrected chi connectivity index (χ3v) is 20.6. The highest BCUT2D eigenvalue weighted by Crippen LogP contribution is 2.54. The quantitative estimate of drug-likeness (QED) is 0.141. The Hall–Kier alpha value is -10.9. The number of anilines is 6. The maximum Gasteiger partial charge on any atom is 0.252 e. The first-order chi connectivity index (χ1) is 50.2. The fourth-order valence-corrected chi connectivity index (χ4v) is 15.6. The van der Waals surface area contributed by atoms with Gasteiger partial charge in [-0.05, 0) is 180 Å². The number of fused-ring (bicyclic) bond motifs is 10. The van der Waals surface area contributed by atoms with Crippen LogP contribution >= 0.6 is 0 Å². The van der Waals surface area contributed by atoms with E-state index < -0.39 is 12.1 Å². The molecule has 0 bridgehead atoms. The van der Waals surface area contributed by atoms with Gasteiger partial charge >= 0.3 is 0 Å². The molecule has 0 saturated carbocycles. The van der Waals surface area contributed by atoms with Crippen LogP contribution in [0.25, 0.3) is 99.5 Å². The number of hydrogen-bond acceptors (Lipinski definition) is 2. The van der Waals surface area contributed by atoms with Gasteiger partial charge in [0.15, 0.2) is 0 Å². The zero-order valence-electron chi connectivity index (χ0n) is 64.8. The molecule has 13 aromatic carbocycles. The summed E-state index contributed by atoms with van der Waals surface area (Å²) in [4.78, 5) is 5.04. The molecular formula is C92H79BN4. The van der Waals surface area contributed by atoms with Gasteiger partial charge in [-0.25, -0.2) is 0 Å². The van der Waals surface area contributed by atoms with E-state index in [4.69, 9.17) is 0 Å². The fourth-order valence-electron chi connectivity index (χ4n) is 15.6. The van der Waals surface area contributed by atoms with Crippen molar-refractivity contribution in [3.8, 4) is 55.9 Å². The third kappa shape index (κ3) is 9.63. The van der Waals surface area contributed by atoms with E-state index in [1.807, 2.05) is 0 Å². The van der Waals surface area contributed by atoms with Crippen molar-refractivity contribution in [2.24, 2.45) is 0 Å². The minimum atomic E-state index is -0.466. The molecule has 470 valence electrons. The molecular weight excluding hydrogens is 1170 g/mol. The molecule has 2 aliphatic heterocycles.